The first kappa shape index (κ1) is 39.2. The van der Waals surface area contributed by atoms with Gasteiger partial charge in [-0.2, -0.15) is 0 Å². The van der Waals surface area contributed by atoms with Crippen LogP contribution in [0.5, 0.6) is 0 Å². The van der Waals surface area contributed by atoms with E-state index in [4.69, 9.17) is 14.2 Å². The summed E-state index contributed by atoms with van der Waals surface area (Å²) in [5.74, 6) is -4.85. The lowest BCUT2D eigenvalue weighted by Gasteiger charge is -2.47. The molecule has 0 aromatic carbocycles. The lowest BCUT2D eigenvalue weighted by Crippen LogP contribution is -2.61. The van der Waals surface area contributed by atoms with E-state index < -0.39 is 95.9 Å². The third kappa shape index (κ3) is 8.50. The molecule has 1 amide bonds. The van der Waals surface area contributed by atoms with Crippen molar-refractivity contribution in [1.82, 2.24) is 9.88 Å². The third-order valence-electron chi connectivity index (χ3n) is 10.4. The summed E-state index contributed by atoms with van der Waals surface area (Å²) in [5.41, 5.74) is -3.37. The number of aliphatic hydroxyl groups excluding tert-OH is 4. The molecule has 268 valence electrons. The lowest BCUT2D eigenvalue weighted by molar-refractivity contribution is -0.299. The maximum absolute atomic E-state index is 13.3. The van der Waals surface area contributed by atoms with E-state index in [-0.39, 0.29) is 25.2 Å². The van der Waals surface area contributed by atoms with E-state index in [9.17, 15) is 40.2 Å². The Hall–Kier alpha value is -2.23. The number of aromatic nitrogens is 1. The van der Waals surface area contributed by atoms with E-state index in [1.54, 1.807) is 60.0 Å². The predicted molar refractivity (Wildman–Crippen MR) is 171 cm³/mol. The first-order valence-electron chi connectivity index (χ1n) is 16.6. The minimum absolute atomic E-state index is 0.0909. The van der Waals surface area contributed by atoms with Gasteiger partial charge in [0.15, 0.2) is 6.29 Å². The first-order valence-corrected chi connectivity index (χ1v) is 16.6. The number of ether oxygens (including phenoxy) is 3. The number of pyridine rings is 1. The summed E-state index contributed by atoms with van der Waals surface area (Å²) < 4.78 is 18.0. The van der Waals surface area contributed by atoms with Gasteiger partial charge in [0, 0.05) is 31.3 Å². The Balaban J connectivity index is 1.99. The lowest BCUT2D eigenvalue weighted by atomic mass is 9.73. The molecule has 47 heavy (non-hydrogen) atoms. The Bertz CT molecular complexity index is 1180. The molecule has 2 aliphatic rings. The highest BCUT2D eigenvalue weighted by Crippen LogP contribution is 2.38. The second-order valence-electron chi connectivity index (χ2n) is 14.4. The second-order valence-corrected chi connectivity index (χ2v) is 14.4. The first-order chi connectivity index (χ1) is 21.8. The number of hydrogen-bond acceptors (Lipinski definition) is 12. The average molecular weight is 669 g/mol. The molecule has 3 rings (SSSR count). The van der Waals surface area contributed by atoms with Crippen LogP contribution >= 0.6 is 0 Å². The highest BCUT2D eigenvalue weighted by Gasteiger charge is 2.51. The van der Waals surface area contributed by atoms with Crippen LogP contribution in [0.2, 0.25) is 0 Å². The highest BCUT2D eigenvalue weighted by molar-refractivity contribution is 5.93. The Morgan fingerprint density at radius 1 is 1.04 bits per heavy atom. The molecule has 13 heteroatoms. The number of hydrogen-bond donors (Lipinski definition) is 6. The molecule has 3 heterocycles. The zero-order valence-electron chi connectivity index (χ0n) is 29.1. The number of amides is 1. The van der Waals surface area contributed by atoms with Crippen LogP contribution in [0.4, 0.5) is 0 Å². The van der Waals surface area contributed by atoms with E-state index >= 15 is 0 Å². The van der Waals surface area contributed by atoms with Crippen LogP contribution in [-0.4, -0.2) is 126 Å². The molecular weight excluding hydrogens is 612 g/mol. The zero-order chi connectivity index (χ0) is 35.6. The Labute approximate surface area is 277 Å². The molecule has 1 aromatic rings. The van der Waals surface area contributed by atoms with E-state index in [0.29, 0.717) is 5.56 Å². The molecule has 13 nitrogen and oxygen atoms in total. The van der Waals surface area contributed by atoms with Gasteiger partial charge in [0.2, 0.25) is 0 Å². The molecule has 0 radical (unpaired) electrons. The van der Waals surface area contributed by atoms with Gasteiger partial charge >= 0.3 is 5.97 Å². The summed E-state index contributed by atoms with van der Waals surface area (Å²) in [4.78, 5) is 32.0. The molecule has 2 saturated heterocycles. The highest BCUT2D eigenvalue weighted by atomic mass is 16.7. The van der Waals surface area contributed by atoms with Crippen molar-refractivity contribution in [2.45, 2.75) is 141 Å². The fourth-order valence-corrected chi connectivity index (χ4v) is 7.30. The second kappa shape index (κ2) is 15.5. The van der Waals surface area contributed by atoms with Crippen LogP contribution in [0, 0.1) is 23.7 Å². The summed E-state index contributed by atoms with van der Waals surface area (Å²) >= 11 is 0. The molecule has 2 fully saturated rings. The van der Waals surface area contributed by atoms with Crippen molar-refractivity contribution >= 4 is 11.9 Å². The summed E-state index contributed by atoms with van der Waals surface area (Å²) in [6.07, 6.45) is -6.41. The molecule has 0 saturated carbocycles. The van der Waals surface area contributed by atoms with E-state index in [1.165, 1.54) is 31.9 Å². The van der Waals surface area contributed by atoms with Gasteiger partial charge in [0.05, 0.1) is 53.6 Å². The SMILES string of the molecule is CC[C@H]1OC(=O)[C@H](C)[C@@H](O)[C@H](C)[C@@H](O[C@@H]2O[C@H](C)C[C@H](N(C)C(=O)c3cccnc3)[C@H]2O)C(C)(O)C[C@@H](C)[C@H](O)[C@H](C)[C@@H](O)[C@]1(C)O. The topological polar surface area (TPSA) is 199 Å². The summed E-state index contributed by atoms with van der Waals surface area (Å²) in [5, 5.41) is 68.8. The van der Waals surface area contributed by atoms with Crippen molar-refractivity contribution in [3.05, 3.63) is 30.1 Å². The van der Waals surface area contributed by atoms with Gasteiger partial charge in [-0.25, -0.2) is 0 Å². The van der Waals surface area contributed by atoms with Gasteiger partial charge in [-0.1, -0.05) is 27.7 Å². The van der Waals surface area contributed by atoms with Gasteiger partial charge in [0.25, 0.3) is 5.91 Å². The number of nitrogens with zero attached hydrogens (tertiary/aromatic N) is 2. The number of carbonyl (C=O) groups is 2. The van der Waals surface area contributed by atoms with Gasteiger partial charge in [0.1, 0.15) is 17.8 Å². The number of likely N-dealkylation sites (N-methyl/N-ethyl adjacent to an activating group) is 1. The van der Waals surface area contributed by atoms with Crippen LogP contribution in [0.25, 0.3) is 0 Å². The Morgan fingerprint density at radius 2 is 1.68 bits per heavy atom. The van der Waals surface area contributed by atoms with Crippen molar-refractivity contribution in [2.75, 3.05) is 7.05 Å². The maximum atomic E-state index is 13.3. The fourth-order valence-electron chi connectivity index (χ4n) is 7.30. The van der Waals surface area contributed by atoms with Gasteiger partial charge < -0.3 is 49.7 Å². The standard InChI is InChI=1S/C34H56N2O11/c1-10-24-34(8,44)28(40)19(4)25(37)17(2)15-33(7,43)29(20(5)26(38)21(6)31(42)46-24)47-32-27(39)23(14-18(3)45-32)36(9)30(41)22-12-11-13-35-16-22/h11-13,16-21,23-29,32,37-40,43-44H,10,14-15H2,1-9H3/t17-,18-,19+,20+,21-,23+,24-,25+,26+,27-,28-,29-,32+,33?,34-/m1/s1. The van der Waals surface area contributed by atoms with Crippen molar-refractivity contribution < 1.29 is 54.4 Å². The molecule has 0 aliphatic carbocycles. The monoisotopic (exact) mass is 668 g/mol. The normalized spacial score (nSPS) is 44.2. The average Bonchev–Trinajstić information content (AvgIpc) is 3.03. The fraction of sp³-hybridized carbons (Fsp3) is 0.794. The summed E-state index contributed by atoms with van der Waals surface area (Å²) in [6.45, 7) is 12.6. The van der Waals surface area contributed by atoms with Crippen LogP contribution in [0.1, 0.15) is 85.0 Å². The third-order valence-corrected chi connectivity index (χ3v) is 10.4. The van der Waals surface area contributed by atoms with E-state index in [2.05, 4.69) is 4.98 Å². The van der Waals surface area contributed by atoms with Crippen LogP contribution < -0.4 is 0 Å². The van der Waals surface area contributed by atoms with Crippen molar-refractivity contribution in [3.63, 3.8) is 0 Å². The predicted octanol–water partition coefficient (Wildman–Crippen LogP) is 1.26. The molecule has 1 aromatic heterocycles. The smallest absolute Gasteiger partial charge is 0.311 e. The maximum Gasteiger partial charge on any atom is 0.311 e. The number of cyclic esters (lactones) is 1. The number of esters is 1. The number of rotatable bonds is 5. The van der Waals surface area contributed by atoms with E-state index in [1.807, 2.05) is 0 Å². The van der Waals surface area contributed by atoms with Gasteiger partial charge in [-0.3, -0.25) is 14.6 Å². The van der Waals surface area contributed by atoms with Gasteiger partial charge in [-0.05, 0) is 65.0 Å². The molecular formula is C34H56N2O11. The molecule has 2 aliphatic heterocycles. The number of carbonyl (C=O) groups excluding carboxylic acids is 2. The Kier molecular flexibility index (Phi) is 13.0. The largest absolute Gasteiger partial charge is 0.459 e. The zero-order valence-corrected chi connectivity index (χ0v) is 29.1. The van der Waals surface area contributed by atoms with E-state index in [0.717, 1.165) is 0 Å². The molecule has 0 bridgehead atoms. The van der Waals surface area contributed by atoms with Crippen molar-refractivity contribution in [3.8, 4) is 0 Å². The minimum atomic E-state index is -1.92. The van der Waals surface area contributed by atoms with Gasteiger partial charge in [-0.15, -0.1) is 0 Å². The summed E-state index contributed by atoms with van der Waals surface area (Å²) in [6, 6.07) is 2.52. The molecule has 15 atom stereocenters. The van der Waals surface area contributed by atoms with Crippen LogP contribution in [0.3, 0.4) is 0 Å². The summed E-state index contributed by atoms with van der Waals surface area (Å²) in [7, 11) is 1.56. The quantitative estimate of drug-likeness (QED) is 0.246. The number of aliphatic hydroxyl groups is 6. The molecule has 1 unspecified atom stereocenters. The van der Waals surface area contributed by atoms with Crippen LogP contribution in [-0.2, 0) is 19.0 Å². The Morgan fingerprint density at radius 3 is 2.26 bits per heavy atom. The molecule has 6 N–H and O–H groups in total. The van der Waals surface area contributed by atoms with Crippen molar-refractivity contribution in [2.24, 2.45) is 23.7 Å². The van der Waals surface area contributed by atoms with Crippen molar-refractivity contribution in [1.29, 1.82) is 0 Å². The minimum Gasteiger partial charge on any atom is -0.459 e. The van der Waals surface area contributed by atoms with Crippen LogP contribution in [0.15, 0.2) is 24.5 Å². The molecule has 0 spiro atoms.